The number of methoxy groups -OCH3 is 2. The van der Waals surface area contributed by atoms with E-state index in [9.17, 15) is 4.79 Å². The van der Waals surface area contributed by atoms with E-state index >= 15 is 0 Å². The van der Waals surface area contributed by atoms with Crippen molar-refractivity contribution in [1.29, 1.82) is 0 Å². The highest BCUT2D eigenvalue weighted by Gasteiger charge is 2.49. The van der Waals surface area contributed by atoms with Gasteiger partial charge in [0.05, 0.1) is 12.2 Å². The van der Waals surface area contributed by atoms with Crippen molar-refractivity contribution >= 4 is 5.97 Å². The molecule has 1 heterocycles. The predicted molar refractivity (Wildman–Crippen MR) is 74.1 cm³/mol. The van der Waals surface area contributed by atoms with Gasteiger partial charge in [0.25, 0.3) is 0 Å². The number of carbonyl (C=O) groups is 1. The van der Waals surface area contributed by atoms with Crippen molar-refractivity contribution in [2.24, 2.45) is 17.8 Å². The summed E-state index contributed by atoms with van der Waals surface area (Å²) in [5.74, 6) is 0.187. The number of ether oxygens (including phenoxy) is 5. The van der Waals surface area contributed by atoms with E-state index in [0.717, 1.165) is 12.8 Å². The molecular weight excluding hydrogens is 276 g/mol. The average Bonchev–Trinajstić information content (AvgIpc) is 2.88. The van der Waals surface area contributed by atoms with Crippen LogP contribution >= 0.6 is 0 Å². The van der Waals surface area contributed by atoms with E-state index in [4.69, 9.17) is 23.7 Å². The zero-order valence-corrected chi connectivity index (χ0v) is 12.7. The number of esters is 1. The molecule has 0 N–H and O–H groups in total. The van der Waals surface area contributed by atoms with Crippen LogP contribution in [-0.4, -0.2) is 46.0 Å². The van der Waals surface area contributed by atoms with Gasteiger partial charge in [0.15, 0.2) is 12.6 Å². The largest absolute Gasteiger partial charge is 0.498 e. The smallest absolute Gasteiger partial charge is 0.309 e. The average molecular weight is 300 g/mol. The Kier molecular flexibility index (Phi) is 6.02. The number of hydrogen-bond donors (Lipinski definition) is 0. The molecule has 0 aromatic heterocycles. The van der Waals surface area contributed by atoms with Gasteiger partial charge in [0, 0.05) is 26.1 Å². The standard InChI is InChI=1S/C15H24O6/c1-4-19-7-8-20-13(16)10-5-6-11-12(9-10)15(18-3)21-14(11)17-2/h4,10-12,14-15H,1,5-9H2,2-3H3. The van der Waals surface area contributed by atoms with Gasteiger partial charge in [-0.2, -0.15) is 0 Å². The van der Waals surface area contributed by atoms with Gasteiger partial charge < -0.3 is 23.7 Å². The maximum atomic E-state index is 12.1. The molecule has 2 rings (SSSR count). The molecule has 1 saturated carbocycles. The Balaban J connectivity index is 1.85. The molecule has 2 fully saturated rings. The van der Waals surface area contributed by atoms with E-state index in [-0.39, 0.29) is 42.9 Å². The fourth-order valence-corrected chi connectivity index (χ4v) is 3.28. The highest BCUT2D eigenvalue weighted by atomic mass is 16.8. The lowest BCUT2D eigenvalue weighted by Crippen LogP contribution is -2.34. The van der Waals surface area contributed by atoms with Crippen LogP contribution in [0.5, 0.6) is 0 Å². The van der Waals surface area contributed by atoms with Crippen molar-refractivity contribution < 1.29 is 28.5 Å². The summed E-state index contributed by atoms with van der Waals surface area (Å²) in [5, 5.41) is 0. The summed E-state index contributed by atoms with van der Waals surface area (Å²) in [6, 6.07) is 0. The van der Waals surface area contributed by atoms with Crippen molar-refractivity contribution in [3.8, 4) is 0 Å². The third kappa shape index (κ3) is 3.75. The summed E-state index contributed by atoms with van der Waals surface area (Å²) >= 11 is 0. The summed E-state index contributed by atoms with van der Waals surface area (Å²) in [6.07, 6.45) is 3.18. The Morgan fingerprint density at radius 2 is 1.90 bits per heavy atom. The first-order chi connectivity index (χ1) is 10.2. The molecule has 120 valence electrons. The summed E-state index contributed by atoms with van der Waals surface area (Å²) in [5.41, 5.74) is 0. The van der Waals surface area contributed by atoms with Crippen LogP contribution in [0, 0.1) is 17.8 Å². The molecule has 0 aromatic rings. The molecule has 0 bridgehead atoms. The van der Waals surface area contributed by atoms with Crippen LogP contribution in [0.25, 0.3) is 0 Å². The quantitative estimate of drug-likeness (QED) is 0.405. The molecule has 5 atom stereocenters. The summed E-state index contributed by atoms with van der Waals surface area (Å²) in [4.78, 5) is 12.1. The minimum atomic E-state index is -0.306. The van der Waals surface area contributed by atoms with E-state index in [1.165, 1.54) is 6.26 Å². The summed E-state index contributed by atoms with van der Waals surface area (Å²) in [7, 11) is 3.26. The lowest BCUT2D eigenvalue weighted by atomic mass is 9.74. The minimum absolute atomic E-state index is 0.105. The zero-order valence-electron chi connectivity index (χ0n) is 12.7. The van der Waals surface area contributed by atoms with Gasteiger partial charge in [0.1, 0.15) is 13.2 Å². The molecule has 2 aliphatic rings. The first-order valence-electron chi connectivity index (χ1n) is 7.31. The van der Waals surface area contributed by atoms with E-state index in [0.29, 0.717) is 13.0 Å². The second kappa shape index (κ2) is 7.77. The number of carbonyl (C=O) groups excluding carboxylic acids is 1. The van der Waals surface area contributed by atoms with E-state index in [2.05, 4.69) is 6.58 Å². The number of fused-ring (bicyclic) bond motifs is 1. The van der Waals surface area contributed by atoms with Gasteiger partial charge in [0.2, 0.25) is 0 Å². The topological polar surface area (TPSA) is 63.2 Å². The van der Waals surface area contributed by atoms with E-state index < -0.39 is 0 Å². The lowest BCUT2D eigenvalue weighted by molar-refractivity contribution is -0.197. The van der Waals surface area contributed by atoms with Crippen molar-refractivity contribution in [3.63, 3.8) is 0 Å². The summed E-state index contributed by atoms with van der Waals surface area (Å²) < 4.78 is 26.6. The molecule has 21 heavy (non-hydrogen) atoms. The number of hydrogen-bond acceptors (Lipinski definition) is 6. The first kappa shape index (κ1) is 16.3. The highest BCUT2D eigenvalue weighted by molar-refractivity contribution is 5.72. The molecule has 0 spiro atoms. The molecule has 6 heteroatoms. The zero-order chi connectivity index (χ0) is 15.2. The minimum Gasteiger partial charge on any atom is -0.498 e. The lowest BCUT2D eigenvalue weighted by Gasteiger charge is -2.32. The molecule has 1 aliphatic heterocycles. The van der Waals surface area contributed by atoms with Gasteiger partial charge in [-0.3, -0.25) is 4.79 Å². The summed E-state index contributed by atoms with van der Waals surface area (Å²) in [6.45, 7) is 4.02. The molecule has 6 nitrogen and oxygen atoms in total. The van der Waals surface area contributed by atoms with Crippen molar-refractivity contribution in [2.45, 2.75) is 31.8 Å². The Hall–Kier alpha value is -1.11. The predicted octanol–water partition coefficient (Wildman–Crippen LogP) is 1.70. The van der Waals surface area contributed by atoms with Crippen molar-refractivity contribution in [2.75, 3.05) is 27.4 Å². The number of rotatable bonds is 7. The SMILES string of the molecule is C=COCCOC(=O)C1CCC2C(OC)OC(OC)C2C1. The second-order valence-electron chi connectivity index (χ2n) is 5.39. The Bertz CT molecular complexity index is 358. The maximum Gasteiger partial charge on any atom is 0.309 e. The van der Waals surface area contributed by atoms with E-state index in [1.54, 1.807) is 14.2 Å². The van der Waals surface area contributed by atoms with Gasteiger partial charge in [-0.1, -0.05) is 6.58 Å². The van der Waals surface area contributed by atoms with Crippen LogP contribution < -0.4 is 0 Å². The molecule has 0 amide bonds. The molecule has 1 saturated heterocycles. The highest BCUT2D eigenvalue weighted by Crippen LogP contribution is 2.45. The van der Waals surface area contributed by atoms with Gasteiger partial charge in [-0.25, -0.2) is 0 Å². The van der Waals surface area contributed by atoms with Crippen LogP contribution in [0.2, 0.25) is 0 Å². The Morgan fingerprint density at radius 1 is 1.19 bits per heavy atom. The van der Waals surface area contributed by atoms with Crippen LogP contribution in [-0.2, 0) is 28.5 Å². The van der Waals surface area contributed by atoms with Crippen molar-refractivity contribution in [3.05, 3.63) is 12.8 Å². The molecule has 1 aliphatic carbocycles. The first-order valence-corrected chi connectivity index (χ1v) is 7.31. The van der Waals surface area contributed by atoms with Gasteiger partial charge in [-0.15, -0.1) is 0 Å². The van der Waals surface area contributed by atoms with Crippen LogP contribution in [0.1, 0.15) is 19.3 Å². The second-order valence-corrected chi connectivity index (χ2v) is 5.39. The monoisotopic (exact) mass is 300 g/mol. The molecule has 0 radical (unpaired) electrons. The molecule has 5 unspecified atom stereocenters. The molecule has 0 aromatic carbocycles. The van der Waals surface area contributed by atoms with E-state index in [1.807, 2.05) is 0 Å². The van der Waals surface area contributed by atoms with Crippen molar-refractivity contribution in [1.82, 2.24) is 0 Å². The normalized spacial score (nSPS) is 35.0. The van der Waals surface area contributed by atoms with Crippen LogP contribution in [0.15, 0.2) is 12.8 Å². The van der Waals surface area contributed by atoms with Gasteiger partial charge >= 0.3 is 5.97 Å². The van der Waals surface area contributed by atoms with Crippen LogP contribution in [0.4, 0.5) is 0 Å². The van der Waals surface area contributed by atoms with Crippen LogP contribution in [0.3, 0.4) is 0 Å². The van der Waals surface area contributed by atoms with Gasteiger partial charge in [-0.05, 0) is 19.3 Å². The Labute approximate surface area is 125 Å². The fraction of sp³-hybridized carbons (Fsp3) is 0.800. The third-order valence-electron chi connectivity index (χ3n) is 4.28. The third-order valence-corrected chi connectivity index (χ3v) is 4.28. The Morgan fingerprint density at radius 3 is 2.57 bits per heavy atom. The molecular formula is C15H24O6. The maximum absolute atomic E-state index is 12.1. The fourth-order valence-electron chi connectivity index (χ4n) is 3.28.